The minimum Gasteiger partial charge on any atom is -0.348 e. The third-order valence-corrected chi connectivity index (χ3v) is 5.09. The van der Waals surface area contributed by atoms with Gasteiger partial charge in [0, 0.05) is 18.2 Å². The molecule has 0 aliphatic carbocycles. The number of amides is 1. The minimum atomic E-state index is -3.45. The number of hydrogen-bond acceptors (Lipinski definition) is 4. The van der Waals surface area contributed by atoms with Crippen molar-refractivity contribution < 1.29 is 13.2 Å². The number of carbonyl (C=O) groups excluding carboxylic acids is 1. The van der Waals surface area contributed by atoms with Crippen molar-refractivity contribution in [1.82, 2.24) is 10.0 Å². The maximum absolute atomic E-state index is 12.3. The Hall–Kier alpha value is -2.69. The standard InChI is InChI=1S/C19H21N3O3S/c1-14(2)22-26(24,25)13-18-8-4-3-7-17(18)12-21-19(23)16-9-5-6-15(10-16)11-20/h3-10,14,22H,12-13H2,1-2H3,(H,21,23). The highest BCUT2D eigenvalue weighted by Crippen LogP contribution is 2.13. The van der Waals surface area contributed by atoms with Crippen molar-refractivity contribution in [2.75, 3.05) is 0 Å². The molecule has 0 spiro atoms. The molecular weight excluding hydrogens is 350 g/mol. The average molecular weight is 371 g/mol. The third kappa shape index (κ3) is 5.69. The van der Waals surface area contributed by atoms with Crippen LogP contribution in [0.2, 0.25) is 0 Å². The summed E-state index contributed by atoms with van der Waals surface area (Å²) in [4.78, 5) is 12.3. The second kappa shape index (κ2) is 8.61. The molecule has 0 heterocycles. The lowest BCUT2D eigenvalue weighted by atomic mass is 10.1. The topological polar surface area (TPSA) is 99.1 Å². The van der Waals surface area contributed by atoms with Crippen molar-refractivity contribution >= 4 is 15.9 Å². The summed E-state index contributed by atoms with van der Waals surface area (Å²) in [5, 5.41) is 11.7. The Morgan fingerprint density at radius 1 is 1.12 bits per heavy atom. The molecule has 1 amide bonds. The molecule has 0 radical (unpaired) electrons. The average Bonchev–Trinajstić information content (AvgIpc) is 2.59. The molecule has 26 heavy (non-hydrogen) atoms. The van der Waals surface area contributed by atoms with E-state index in [4.69, 9.17) is 5.26 Å². The summed E-state index contributed by atoms with van der Waals surface area (Å²) >= 11 is 0. The fraction of sp³-hybridized carbons (Fsp3) is 0.263. The van der Waals surface area contributed by atoms with Crippen LogP contribution in [0.25, 0.3) is 0 Å². The van der Waals surface area contributed by atoms with Crippen molar-refractivity contribution in [3.63, 3.8) is 0 Å². The lowest BCUT2D eigenvalue weighted by molar-refractivity contribution is 0.0951. The minimum absolute atomic E-state index is 0.152. The summed E-state index contributed by atoms with van der Waals surface area (Å²) in [7, 11) is -3.45. The van der Waals surface area contributed by atoms with E-state index in [0.717, 1.165) is 5.56 Å². The molecule has 2 N–H and O–H groups in total. The van der Waals surface area contributed by atoms with Crippen molar-refractivity contribution in [3.8, 4) is 6.07 Å². The van der Waals surface area contributed by atoms with Gasteiger partial charge in [-0.2, -0.15) is 5.26 Å². The largest absolute Gasteiger partial charge is 0.348 e. The molecule has 6 nitrogen and oxygen atoms in total. The third-order valence-electron chi connectivity index (χ3n) is 3.57. The number of sulfonamides is 1. The molecule has 2 aromatic rings. The van der Waals surface area contributed by atoms with E-state index in [1.165, 1.54) is 6.07 Å². The van der Waals surface area contributed by atoms with E-state index in [0.29, 0.717) is 16.7 Å². The molecule has 0 aliphatic heterocycles. The van der Waals surface area contributed by atoms with Gasteiger partial charge in [0.25, 0.3) is 5.91 Å². The maximum Gasteiger partial charge on any atom is 0.251 e. The molecule has 0 aliphatic rings. The Bertz CT molecular complexity index is 931. The van der Waals surface area contributed by atoms with Gasteiger partial charge in [-0.25, -0.2) is 13.1 Å². The predicted molar refractivity (Wildman–Crippen MR) is 99.7 cm³/mol. The van der Waals surface area contributed by atoms with E-state index in [1.54, 1.807) is 56.3 Å². The van der Waals surface area contributed by atoms with Crippen LogP contribution in [0.4, 0.5) is 0 Å². The smallest absolute Gasteiger partial charge is 0.251 e. The predicted octanol–water partition coefficient (Wildman–Crippen LogP) is 2.32. The van der Waals surface area contributed by atoms with Crippen LogP contribution in [0.1, 0.15) is 40.9 Å². The first-order valence-corrected chi connectivity index (χ1v) is 9.81. The van der Waals surface area contributed by atoms with Gasteiger partial charge in [0.05, 0.1) is 17.4 Å². The summed E-state index contributed by atoms with van der Waals surface area (Å²) in [5.41, 5.74) is 2.15. The highest BCUT2D eigenvalue weighted by Gasteiger charge is 2.16. The zero-order chi connectivity index (χ0) is 19.2. The number of carbonyl (C=O) groups is 1. The zero-order valence-electron chi connectivity index (χ0n) is 14.7. The van der Waals surface area contributed by atoms with Gasteiger partial charge in [0.1, 0.15) is 0 Å². The van der Waals surface area contributed by atoms with Gasteiger partial charge in [-0.3, -0.25) is 4.79 Å². The van der Waals surface area contributed by atoms with Crippen LogP contribution < -0.4 is 10.0 Å². The molecule has 0 atom stereocenters. The van der Waals surface area contributed by atoms with Crippen LogP contribution in [0, 0.1) is 11.3 Å². The molecule has 0 saturated carbocycles. The van der Waals surface area contributed by atoms with Gasteiger partial charge in [0.2, 0.25) is 10.0 Å². The maximum atomic E-state index is 12.3. The van der Waals surface area contributed by atoms with Gasteiger partial charge in [-0.1, -0.05) is 30.3 Å². The van der Waals surface area contributed by atoms with Crippen molar-refractivity contribution in [1.29, 1.82) is 5.26 Å². The Morgan fingerprint density at radius 3 is 2.46 bits per heavy atom. The number of nitriles is 1. The van der Waals surface area contributed by atoms with E-state index in [-0.39, 0.29) is 24.2 Å². The van der Waals surface area contributed by atoms with Crippen LogP contribution in [0.3, 0.4) is 0 Å². The van der Waals surface area contributed by atoms with E-state index in [2.05, 4.69) is 10.0 Å². The van der Waals surface area contributed by atoms with Crippen LogP contribution in [-0.4, -0.2) is 20.4 Å². The molecule has 0 unspecified atom stereocenters. The SMILES string of the molecule is CC(C)NS(=O)(=O)Cc1ccccc1CNC(=O)c1cccc(C#N)c1. The molecule has 0 bridgehead atoms. The number of benzene rings is 2. The molecule has 0 saturated heterocycles. The Labute approximate surface area is 153 Å². The van der Waals surface area contributed by atoms with Gasteiger partial charge < -0.3 is 5.32 Å². The summed E-state index contributed by atoms with van der Waals surface area (Å²) in [6, 6.07) is 15.3. The molecule has 0 aromatic heterocycles. The zero-order valence-corrected chi connectivity index (χ0v) is 15.5. The number of hydrogen-bond donors (Lipinski definition) is 2. The molecule has 2 aromatic carbocycles. The Morgan fingerprint density at radius 2 is 1.81 bits per heavy atom. The number of nitrogens with zero attached hydrogens (tertiary/aromatic N) is 1. The normalized spacial score (nSPS) is 11.2. The van der Waals surface area contributed by atoms with Gasteiger partial charge in [-0.15, -0.1) is 0 Å². The Balaban J connectivity index is 2.11. The fourth-order valence-corrected chi connectivity index (χ4v) is 3.98. The fourth-order valence-electron chi connectivity index (χ4n) is 2.48. The summed E-state index contributed by atoms with van der Waals surface area (Å²) in [6.45, 7) is 3.72. The molecule has 2 rings (SSSR count). The molecule has 0 fully saturated rings. The first kappa shape index (κ1) is 19.6. The number of nitrogens with one attached hydrogen (secondary N) is 2. The van der Waals surface area contributed by atoms with Crippen molar-refractivity contribution in [2.24, 2.45) is 0 Å². The molecule has 136 valence electrons. The quantitative estimate of drug-likeness (QED) is 0.780. The van der Waals surface area contributed by atoms with Gasteiger partial charge in [0.15, 0.2) is 0 Å². The molecule has 7 heteroatoms. The van der Waals surface area contributed by atoms with Crippen LogP contribution in [-0.2, 0) is 22.3 Å². The second-order valence-corrected chi connectivity index (χ2v) is 7.93. The van der Waals surface area contributed by atoms with Crippen molar-refractivity contribution in [2.45, 2.75) is 32.2 Å². The van der Waals surface area contributed by atoms with Gasteiger partial charge in [-0.05, 0) is 43.2 Å². The lowest BCUT2D eigenvalue weighted by Crippen LogP contribution is -2.32. The van der Waals surface area contributed by atoms with E-state index < -0.39 is 10.0 Å². The second-order valence-electron chi connectivity index (χ2n) is 6.18. The summed E-state index contributed by atoms with van der Waals surface area (Å²) in [5.74, 6) is -0.471. The summed E-state index contributed by atoms with van der Waals surface area (Å²) < 4.78 is 26.9. The van der Waals surface area contributed by atoms with E-state index in [9.17, 15) is 13.2 Å². The van der Waals surface area contributed by atoms with Crippen molar-refractivity contribution in [3.05, 3.63) is 70.8 Å². The van der Waals surface area contributed by atoms with Crippen LogP contribution in [0.15, 0.2) is 48.5 Å². The van der Waals surface area contributed by atoms with Gasteiger partial charge >= 0.3 is 0 Å². The number of rotatable bonds is 7. The first-order chi connectivity index (χ1) is 12.3. The monoisotopic (exact) mass is 371 g/mol. The highest BCUT2D eigenvalue weighted by atomic mass is 32.2. The highest BCUT2D eigenvalue weighted by molar-refractivity contribution is 7.88. The van der Waals surface area contributed by atoms with E-state index in [1.807, 2.05) is 6.07 Å². The first-order valence-electron chi connectivity index (χ1n) is 8.16. The lowest BCUT2D eigenvalue weighted by Gasteiger charge is -2.13. The molecular formula is C19H21N3O3S. The van der Waals surface area contributed by atoms with Crippen LogP contribution >= 0.6 is 0 Å². The van der Waals surface area contributed by atoms with E-state index >= 15 is 0 Å². The summed E-state index contributed by atoms with van der Waals surface area (Å²) in [6.07, 6.45) is 0. The van der Waals surface area contributed by atoms with Crippen LogP contribution in [0.5, 0.6) is 0 Å². The Kier molecular flexibility index (Phi) is 6.50.